The summed E-state index contributed by atoms with van der Waals surface area (Å²) in [4.78, 5) is 0. The molecule has 0 saturated heterocycles. The van der Waals surface area contributed by atoms with Crippen LogP contribution in [0.25, 0.3) is 0 Å². The van der Waals surface area contributed by atoms with Gasteiger partial charge in [0.1, 0.15) is 0 Å². The summed E-state index contributed by atoms with van der Waals surface area (Å²) < 4.78 is 1.55. The van der Waals surface area contributed by atoms with Crippen molar-refractivity contribution in [3.05, 3.63) is 17.0 Å². The fourth-order valence-electron chi connectivity index (χ4n) is 3.16. The van der Waals surface area contributed by atoms with Gasteiger partial charge in [-0.05, 0) is 42.5 Å². The molecule has 1 aromatic rings. The van der Waals surface area contributed by atoms with Crippen molar-refractivity contribution in [1.29, 1.82) is 0 Å². The van der Waals surface area contributed by atoms with Crippen LogP contribution in [0.3, 0.4) is 0 Å². The molecule has 1 saturated carbocycles. The van der Waals surface area contributed by atoms with E-state index >= 15 is 0 Å². The molecule has 0 bridgehead atoms. The van der Waals surface area contributed by atoms with Crippen LogP contribution in [0.1, 0.15) is 44.2 Å². The smallest absolute Gasteiger partial charge is 0.0649 e. The average molecular weight is 300 g/mol. The maximum absolute atomic E-state index is 3.96. The molecule has 18 heavy (non-hydrogen) atoms. The van der Waals surface area contributed by atoms with E-state index in [4.69, 9.17) is 0 Å². The topological polar surface area (TPSA) is 12.0 Å². The van der Waals surface area contributed by atoms with Crippen molar-refractivity contribution >= 4 is 34.9 Å². The standard InChI is InChI=1S/C14H21NS3/c1-9-8-12(10-6-7-17-14(10)18-9)15-11-4-3-5-13(11)16-2/h6-7,9,11-13,15H,3-5,8H2,1-2H3/t9-,11?,12?,13?/m0/s1. The lowest BCUT2D eigenvalue weighted by Gasteiger charge is -2.31. The van der Waals surface area contributed by atoms with Gasteiger partial charge in [0.2, 0.25) is 0 Å². The molecule has 1 fully saturated rings. The zero-order valence-corrected chi connectivity index (χ0v) is 13.5. The van der Waals surface area contributed by atoms with Gasteiger partial charge in [-0.25, -0.2) is 0 Å². The van der Waals surface area contributed by atoms with E-state index in [0.29, 0.717) is 6.04 Å². The summed E-state index contributed by atoms with van der Waals surface area (Å²) in [7, 11) is 0. The first-order chi connectivity index (χ1) is 8.78. The largest absolute Gasteiger partial charge is 0.306 e. The Labute approximate surface area is 123 Å². The highest BCUT2D eigenvalue weighted by Gasteiger charge is 2.32. The molecular formula is C14H21NS3. The van der Waals surface area contributed by atoms with E-state index in [1.165, 1.54) is 25.7 Å². The van der Waals surface area contributed by atoms with Gasteiger partial charge in [-0.15, -0.1) is 23.1 Å². The SMILES string of the molecule is CSC1CCCC1NC1C[C@H](C)Sc2sccc21. The number of fused-ring (bicyclic) bond motifs is 1. The van der Waals surface area contributed by atoms with Gasteiger partial charge < -0.3 is 5.32 Å². The minimum Gasteiger partial charge on any atom is -0.306 e. The third-order valence-electron chi connectivity index (χ3n) is 4.08. The predicted octanol–water partition coefficient (Wildman–Crippen LogP) is 4.55. The molecule has 1 N–H and O–H groups in total. The van der Waals surface area contributed by atoms with E-state index in [2.05, 4.69) is 41.7 Å². The summed E-state index contributed by atoms with van der Waals surface area (Å²) in [6.45, 7) is 2.36. The van der Waals surface area contributed by atoms with Crippen molar-refractivity contribution < 1.29 is 0 Å². The number of rotatable bonds is 3. The first-order valence-electron chi connectivity index (χ1n) is 6.81. The molecule has 2 heterocycles. The van der Waals surface area contributed by atoms with Crippen LogP contribution >= 0.6 is 34.9 Å². The Bertz CT molecular complexity index is 403. The predicted molar refractivity (Wildman–Crippen MR) is 85.1 cm³/mol. The minimum atomic E-state index is 0.597. The Balaban J connectivity index is 1.73. The average Bonchev–Trinajstić information content (AvgIpc) is 2.96. The summed E-state index contributed by atoms with van der Waals surface area (Å²) >= 11 is 6.02. The quantitative estimate of drug-likeness (QED) is 0.879. The first kappa shape index (κ1) is 13.3. The van der Waals surface area contributed by atoms with E-state index in [1.807, 2.05) is 23.1 Å². The Morgan fingerprint density at radius 2 is 2.28 bits per heavy atom. The summed E-state index contributed by atoms with van der Waals surface area (Å²) in [5, 5.41) is 7.80. The molecule has 4 atom stereocenters. The minimum absolute atomic E-state index is 0.597. The first-order valence-corrected chi connectivity index (χ1v) is 9.85. The van der Waals surface area contributed by atoms with Crippen LogP contribution in [0, 0.1) is 0 Å². The summed E-state index contributed by atoms with van der Waals surface area (Å²) in [6.07, 6.45) is 7.71. The van der Waals surface area contributed by atoms with E-state index < -0.39 is 0 Å². The van der Waals surface area contributed by atoms with Crippen molar-refractivity contribution in [2.24, 2.45) is 0 Å². The highest BCUT2D eigenvalue weighted by atomic mass is 32.2. The molecule has 2 aliphatic rings. The van der Waals surface area contributed by atoms with Crippen LogP contribution in [-0.4, -0.2) is 22.8 Å². The van der Waals surface area contributed by atoms with E-state index in [-0.39, 0.29) is 0 Å². The molecule has 3 rings (SSSR count). The van der Waals surface area contributed by atoms with Crippen LogP contribution in [0.15, 0.2) is 15.7 Å². The highest BCUT2D eigenvalue weighted by molar-refractivity contribution is 8.01. The highest BCUT2D eigenvalue weighted by Crippen LogP contribution is 2.44. The molecule has 1 aliphatic heterocycles. The second-order valence-corrected chi connectivity index (χ2v) is 9.06. The van der Waals surface area contributed by atoms with Crippen molar-refractivity contribution in [3.63, 3.8) is 0 Å². The van der Waals surface area contributed by atoms with Crippen LogP contribution in [-0.2, 0) is 0 Å². The summed E-state index contributed by atoms with van der Waals surface area (Å²) in [5.74, 6) is 0. The summed E-state index contributed by atoms with van der Waals surface area (Å²) in [5.41, 5.74) is 1.56. The van der Waals surface area contributed by atoms with Crippen LogP contribution < -0.4 is 5.32 Å². The number of hydrogen-bond donors (Lipinski definition) is 1. The Kier molecular flexibility index (Phi) is 4.28. The van der Waals surface area contributed by atoms with Crippen LogP contribution in [0.2, 0.25) is 0 Å². The molecule has 0 spiro atoms. The second kappa shape index (κ2) is 5.78. The number of thiophene rings is 1. The van der Waals surface area contributed by atoms with Crippen molar-refractivity contribution in [2.75, 3.05) is 6.26 Å². The van der Waals surface area contributed by atoms with Gasteiger partial charge in [-0.2, -0.15) is 11.8 Å². The van der Waals surface area contributed by atoms with Crippen LogP contribution in [0.5, 0.6) is 0 Å². The Morgan fingerprint density at radius 3 is 3.11 bits per heavy atom. The lowest BCUT2D eigenvalue weighted by Crippen LogP contribution is -2.38. The Morgan fingerprint density at radius 1 is 1.39 bits per heavy atom. The van der Waals surface area contributed by atoms with Crippen molar-refractivity contribution in [1.82, 2.24) is 5.32 Å². The fourth-order valence-corrected chi connectivity index (χ4v) is 6.68. The van der Waals surface area contributed by atoms with Crippen LogP contribution in [0.4, 0.5) is 0 Å². The lowest BCUT2D eigenvalue weighted by molar-refractivity contribution is 0.418. The van der Waals surface area contributed by atoms with Gasteiger partial charge in [0.15, 0.2) is 0 Å². The maximum Gasteiger partial charge on any atom is 0.0649 e. The zero-order valence-electron chi connectivity index (χ0n) is 11.0. The molecule has 1 aromatic heterocycles. The zero-order chi connectivity index (χ0) is 12.5. The van der Waals surface area contributed by atoms with Gasteiger partial charge in [-0.3, -0.25) is 0 Å². The molecule has 0 radical (unpaired) electrons. The third-order valence-corrected chi connectivity index (χ3v) is 7.59. The van der Waals surface area contributed by atoms with Gasteiger partial charge in [0.05, 0.1) is 4.21 Å². The summed E-state index contributed by atoms with van der Waals surface area (Å²) in [6, 6.07) is 3.66. The monoisotopic (exact) mass is 299 g/mol. The second-order valence-electron chi connectivity index (χ2n) is 5.36. The molecule has 1 nitrogen and oxygen atoms in total. The fraction of sp³-hybridized carbons (Fsp3) is 0.714. The molecule has 3 unspecified atom stereocenters. The van der Waals surface area contributed by atoms with Gasteiger partial charge >= 0.3 is 0 Å². The van der Waals surface area contributed by atoms with Crippen molar-refractivity contribution in [3.8, 4) is 0 Å². The van der Waals surface area contributed by atoms with Gasteiger partial charge in [0.25, 0.3) is 0 Å². The third kappa shape index (κ3) is 2.62. The lowest BCUT2D eigenvalue weighted by atomic mass is 10.0. The van der Waals surface area contributed by atoms with E-state index in [0.717, 1.165) is 16.5 Å². The number of hydrogen-bond acceptors (Lipinski definition) is 4. The molecule has 0 amide bonds. The molecule has 0 aromatic carbocycles. The molecular weight excluding hydrogens is 278 g/mol. The van der Waals surface area contributed by atoms with Gasteiger partial charge in [-0.1, -0.05) is 13.3 Å². The Hall–Kier alpha value is 0.360. The normalized spacial score (nSPS) is 35.7. The number of nitrogens with one attached hydrogen (secondary N) is 1. The van der Waals surface area contributed by atoms with E-state index in [1.54, 1.807) is 9.77 Å². The van der Waals surface area contributed by atoms with Crippen molar-refractivity contribution in [2.45, 2.75) is 59.4 Å². The molecule has 1 aliphatic carbocycles. The molecule has 4 heteroatoms. The molecule has 100 valence electrons. The number of thioether (sulfide) groups is 2. The van der Waals surface area contributed by atoms with Gasteiger partial charge in [0, 0.05) is 22.6 Å². The maximum atomic E-state index is 3.96. The van der Waals surface area contributed by atoms with E-state index in [9.17, 15) is 0 Å².